The van der Waals surface area contributed by atoms with E-state index in [1.165, 1.54) is 19.5 Å². The van der Waals surface area contributed by atoms with Crippen molar-refractivity contribution in [3.8, 4) is 0 Å². The van der Waals surface area contributed by atoms with Crippen molar-refractivity contribution in [2.24, 2.45) is 34.0 Å². The van der Waals surface area contributed by atoms with Crippen molar-refractivity contribution in [1.29, 1.82) is 0 Å². The summed E-state index contributed by atoms with van der Waals surface area (Å²) in [5.41, 5.74) is -9.42. The number of hydrogen-bond acceptors (Lipinski definition) is 11. The van der Waals surface area contributed by atoms with Crippen molar-refractivity contribution < 1.29 is 53.4 Å². The smallest absolute Gasteiger partial charge is 0.335 e. The average molecular weight is 533 g/mol. The molecule has 2 aliphatic heterocycles. The molecule has 6 fully saturated rings. The van der Waals surface area contributed by atoms with E-state index in [4.69, 9.17) is 18.6 Å². The van der Waals surface area contributed by atoms with Gasteiger partial charge in [0.15, 0.2) is 11.9 Å². The average Bonchev–Trinajstić information content (AvgIpc) is 3.51. The van der Waals surface area contributed by atoms with Gasteiger partial charge in [0.1, 0.15) is 17.3 Å². The number of furan rings is 1. The molecular weight excluding hydrogens is 500 g/mol. The number of cyclic esters (lactones) is 1. The first kappa shape index (κ1) is 24.7. The number of aliphatic hydroxyl groups excluding tert-OH is 1. The fraction of sp³-hybridized carbons (Fsp3) is 0.741. The fourth-order valence-corrected chi connectivity index (χ4v) is 10.9. The van der Waals surface area contributed by atoms with Crippen LogP contribution in [0.25, 0.3) is 0 Å². The topological polar surface area (TPSA) is 173 Å². The predicted molar refractivity (Wildman–Crippen MR) is 122 cm³/mol. The van der Waals surface area contributed by atoms with Crippen molar-refractivity contribution in [2.45, 2.75) is 81.3 Å². The van der Waals surface area contributed by atoms with Crippen molar-refractivity contribution in [2.75, 3.05) is 7.11 Å². The zero-order valence-corrected chi connectivity index (χ0v) is 21.6. The molecule has 11 nitrogen and oxygen atoms in total. The van der Waals surface area contributed by atoms with E-state index >= 15 is 0 Å². The number of ketones is 1. The van der Waals surface area contributed by atoms with Gasteiger partial charge in [-0.1, -0.05) is 20.8 Å². The van der Waals surface area contributed by atoms with Gasteiger partial charge in [-0.15, -0.1) is 0 Å². The van der Waals surface area contributed by atoms with Crippen molar-refractivity contribution >= 4 is 17.7 Å². The van der Waals surface area contributed by atoms with Crippen LogP contribution in [-0.4, -0.2) is 74.0 Å². The minimum atomic E-state index is -2.68. The van der Waals surface area contributed by atoms with Crippen molar-refractivity contribution in [3.63, 3.8) is 0 Å². The molecule has 4 aliphatic carbocycles. The summed E-state index contributed by atoms with van der Waals surface area (Å²) in [5, 5.41) is 49.0. The summed E-state index contributed by atoms with van der Waals surface area (Å²) < 4.78 is 22.3. The molecule has 206 valence electrons. The predicted octanol–water partition coefficient (Wildman–Crippen LogP) is 0.383. The van der Waals surface area contributed by atoms with E-state index in [1.54, 1.807) is 19.9 Å². The molecule has 38 heavy (non-hydrogen) atoms. The summed E-state index contributed by atoms with van der Waals surface area (Å²) in [6.45, 7) is 4.97. The van der Waals surface area contributed by atoms with Gasteiger partial charge in [-0.25, -0.2) is 4.79 Å². The fourth-order valence-electron chi connectivity index (χ4n) is 10.9. The molecule has 2 saturated heterocycles. The molecule has 4 saturated carbocycles. The molecule has 7 rings (SSSR count). The molecule has 2 bridgehead atoms. The van der Waals surface area contributed by atoms with Crippen molar-refractivity contribution in [1.82, 2.24) is 0 Å². The Kier molecular flexibility index (Phi) is 4.24. The van der Waals surface area contributed by atoms with E-state index in [9.17, 15) is 34.8 Å². The number of carbonyl (C=O) groups is 3. The number of methoxy groups -OCH3 is 1. The molecule has 3 heterocycles. The van der Waals surface area contributed by atoms with E-state index in [0.29, 0.717) is 12.0 Å². The molecule has 12 atom stereocenters. The maximum atomic E-state index is 14.3. The Labute approximate surface area is 218 Å². The summed E-state index contributed by atoms with van der Waals surface area (Å²) in [4.78, 5) is 40.2. The minimum Gasteiger partial charge on any atom is -0.472 e. The summed E-state index contributed by atoms with van der Waals surface area (Å²) in [7, 11) is 1.11. The lowest BCUT2D eigenvalue weighted by Crippen LogP contribution is -2.72. The second kappa shape index (κ2) is 6.52. The third-order valence-corrected chi connectivity index (χ3v) is 12.0. The van der Waals surface area contributed by atoms with Crippen LogP contribution in [0.3, 0.4) is 0 Å². The molecule has 1 aromatic rings. The summed E-state index contributed by atoms with van der Waals surface area (Å²) in [5.74, 6) is -8.75. The second-order valence-electron chi connectivity index (χ2n) is 13.1. The summed E-state index contributed by atoms with van der Waals surface area (Å²) in [6, 6.07) is 1.65. The molecule has 0 amide bonds. The van der Waals surface area contributed by atoms with Crippen LogP contribution in [0.2, 0.25) is 0 Å². The van der Waals surface area contributed by atoms with Gasteiger partial charge in [-0.2, -0.15) is 0 Å². The maximum absolute atomic E-state index is 14.3. The zero-order valence-electron chi connectivity index (χ0n) is 21.6. The number of esters is 2. The van der Waals surface area contributed by atoms with Gasteiger partial charge < -0.3 is 39.1 Å². The normalized spacial score (nSPS) is 56.4. The number of ether oxygens (including phenoxy) is 3. The van der Waals surface area contributed by atoms with E-state index in [2.05, 4.69) is 0 Å². The molecule has 11 heteroatoms. The third kappa shape index (κ3) is 2.04. The largest absolute Gasteiger partial charge is 0.472 e. The van der Waals surface area contributed by atoms with Crippen molar-refractivity contribution in [3.05, 3.63) is 24.2 Å². The Morgan fingerprint density at radius 3 is 2.53 bits per heavy atom. The number of carbonyl (C=O) groups excluding carboxylic acids is 3. The minimum absolute atomic E-state index is 0.203. The monoisotopic (exact) mass is 532 g/mol. The van der Waals surface area contributed by atoms with Crippen LogP contribution in [0.5, 0.6) is 0 Å². The Morgan fingerprint density at radius 2 is 1.89 bits per heavy atom. The summed E-state index contributed by atoms with van der Waals surface area (Å²) >= 11 is 0. The number of Topliss-reactive ketones (excluding diaryl/α,β-unsaturated/α-hetero) is 1. The van der Waals surface area contributed by atoms with Crippen LogP contribution < -0.4 is 0 Å². The van der Waals surface area contributed by atoms with E-state index in [1.807, 2.05) is 0 Å². The lowest BCUT2D eigenvalue weighted by atomic mass is 9.45. The lowest BCUT2D eigenvalue weighted by Gasteiger charge is -2.63. The number of aliphatic hydroxyl groups is 4. The van der Waals surface area contributed by atoms with Crippen LogP contribution in [0.4, 0.5) is 0 Å². The van der Waals surface area contributed by atoms with Gasteiger partial charge in [0.25, 0.3) is 0 Å². The highest BCUT2D eigenvalue weighted by Crippen LogP contribution is 2.86. The van der Waals surface area contributed by atoms with Crippen LogP contribution in [0.15, 0.2) is 23.0 Å². The molecule has 0 radical (unpaired) electrons. The Bertz CT molecular complexity index is 1290. The molecule has 4 N–H and O–H groups in total. The zero-order chi connectivity index (χ0) is 27.5. The van der Waals surface area contributed by atoms with Crippen LogP contribution in [0, 0.1) is 34.0 Å². The van der Waals surface area contributed by atoms with Gasteiger partial charge in [-0.05, 0) is 31.2 Å². The highest BCUT2D eigenvalue weighted by molar-refractivity contribution is 5.96. The Morgan fingerprint density at radius 1 is 1.18 bits per heavy atom. The van der Waals surface area contributed by atoms with E-state index < -0.39 is 92.9 Å². The van der Waals surface area contributed by atoms with E-state index in [-0.39, 0.29) is 12.8 Å². The number of rotatable bonds is 3. The first-order chi connectivity index (χ1) is 17.6. The second-order valence-corrected chi connectivity index (χ2v) is 13.1. The van der Waals surface area contributed by atoms with E-state index in [0.717, 1.165) is 7.11 Å². The molecule has 2 unspecified atom stereocenters. The molecule has 0 aromatic carbocycles. The first-order valence-corrected chi connectivity index (χ1v) is 13.0. The van der Waals surface area contributed by atoms with Crippen LogP contribution in [0.1, 0.15) is 58.1 Å². The highest BCUT2D eigenvalue weighted by Gasteiger charge is 2.99. The SMILES string of the molecule is COC(=O)C(O)[C@H]1[C@@]2(C)[C@@H]3CC[C@@]4(C)[C@@H](c5ccoc5)OC(=O)C[C@@]45O[C@@]4(O)C(=O)[C@]1(C)C[C@@]2(O)C4[C@@]35O. The quantitative estimate of drug-likeness (QED) is 0.397. The maximum Gasteiger partial charge on any atom is 0.335 e. The number of fused-ring (bicyclic) bond motifs is 2. The summed E-state index contributed by atoms with van der Waals surface area (Å²) in [6.07, 6.45) is 0.0892. The number of hydrogen-bond donors (Lipinski definition) is 4. The third-order valence-electron chi connectivity index (χ3n) is 12.0. The van der Waals surface area contributed by atoms with Gasteiger partial charge in [0.05, 0.1) is 37.6 Å². The lowest BCUT2D eigenvalue weighted by molar-refractivity contribution is -0.324. The van der Waals surface area contributed by atoms with Crippen LogP contribution >= 0.6 is 0 Å². The van der Waals surface area contributed by atoms with Gasteiger partial charge >= 0.3 is 11.9 Å². The Hall–Kier alpha value is -2.31. The molecule has 1 spiro atoms. The highest BCUT2D eigenvalue weighted by atomic mass is 16.7. The van der Waals surface area contributed by atoms with Gasteiger partial charge in [0.2, 0.25) is 5.79 Å². The standard InChI is InChI=1S/C27H32O11/c1-21-11-24(32)19-26(33)13(23(24,3)16(21)15(29)18(30)35-4)5-7-22(2)17(12-6-8-36-10-12)37-14(28)9-25(22,26)38-27(19,34)20(21)31/h6,8,10,13,15-17,19,29,32-34H,5,7,9,11H2,1-4H3/t13-,15?,16+,17+,19?,21+,22-,23+,24+,25+,26-,27+/m0/s1. The molecular formula is C27H32O11. The first-order valence-electron chi connectivity index (χ1n) is 13.0. The Balaban J connectivity index is 1.52. The van der Waals surface area contributed by atoms with Gasteiger partial charge in [0, 0.05) is 27.7 Å². The molecule has 6 aliphatic rings. The molecule has 1 aromatic heterocycles. The van der Waals surface area contributed by atoms with Gasteiger partial charge in [-0.3, -0.25) is 9.59 Å². The van der Waals surface area contributed by atoms with Crippen LogP contribution in [-0.2, 0) is 28.6 Å².